The van der Waals surface area contributed by atoms with Gasteiger partial charge in [0.25, 0.3) is 0 Å². The molecule has 0 radical (unpaired) electrons. The minimum atomic E-state index is 0.506. The molecule has 0 aliphatic heterocycles. The van der Waals surface area contributed by atoms with Crippen LogP contribution in [-0.2, 0) is 9.47 Å². The highest BCUT2D eigenvalue weighted by Gasteiger charge is 2.04. The molecule has 0 fully saturated rings. The van der Waals surface area contributed by atoms with Crippen LogP contribution in [0, 0.1) is 0 Å². The molecule has 13 heavy (non-hydrogen) atoms. The van der Waals surface area contributed by atoms with E-state index in [-0.39, 0.29) is 0 Å². The van der Waals surface area contributed by atoms with Crippen molar-refractivity contribution in [3.8, 4) is 0 Å². The van der Waals surface area contributed by atoms with Crippen LogP contribution < -0.4 is 5.32 Å². The highest BCUT2D eigenvalue weighted by atomic mass is 16.5. The number of rotatable bonds is 9. The molecule has 0 saturated carbocycles. The van der Waals surface area contributed by atoms with Crippen LogP contribution >= 0.6 is 0 Å². The Hall–Kier alpha value is -0.120. The van der Waals surface area contributed by atoms with Crippen LogP contribution in [0.1, 0.15) is 26.7 Å². The smallest absolute Gasteiger partial charge is 0.0701 e. The first-order chi connectivity index (χ1) is 6.35. The lowest BCUT2D eigenvalue weighted by Gasteiger charge is -2.16. The maximum atomic E-state index is 5.45. The maximum absolute atomic E-state index is 5.45. The standard InChI is InChI=1S/C10H23NO2/c1-4-6-10(11-5-2)9-13-8-7-12-3/h10-11H,4-9H2,1-3H3. The zero-order valence-electron chi connectivity index (χ0n) is 9.14. The average Bonchev–Trinajstić information content (AvgIpc) is 2.13. The number of likely N-dealkylation sites (N-methyl/N-ethyl adjacent to an activating group) is 1. The molecule has 0 heterocycles. The van der Waals surface area contributed by atoms with Gasteiger partial charge in [0.2, 0.25) is 0 Å². The molecule has 0 aliphatic rings. The van der Waals surface area contributed by atoms with Crippen molar-refractivity contribution in [3.05, 3.63) is 0 Å². The Morgan fingerprint density at radius 1 is 1.23 bits per heavy atom. The lowest BCUT2D eigenvalue weighted by molar-refractivity contribution is 0.0576. The Balaban J connectivity index is 3.33. The molecule has 1 unspecified atom stereocenters. The first-order valence-corrected chi connectivity index (χ1v) is 5.15. The molecule has 0 aliphatic carbocycles. The number of hydrogen-bond acceptors (Lipinski definition) is 3. The van der Waals surface area contributed by atoms with E-state index in [2.05, 4.69) is 19.2 Å². The second-order valence-electron chi connectivity index (χ2n) is 3.11. The lowest BCUT2D eigenvalue weighted by atomic mass is 10.2. The molecule has 1 atom stereocenters. The van der Waals surface area contributed by atoms with Gasteiger partial charge in [-0.05, 0) is 13.0 Å². The van der Waals surface area contributed by atoms with Crippen molar-refractivity contribution in [1.82, 2.24) is 5.32 Å². The van der Waals surface area contributed by atoms with Gasteiger partial charge in [-0.2, -0.15) is 0 Å². The van der Waals surface area contributed by atoms with Gasteiger partial charge in [0.15, 0.2) is 0 Å². The van der Waals surface area contributed by atoms with Gasteiger partial charge in [-0.15, -0.1) is 0 Å². The second kappa shape index (κ2) is 9.96. The first kappa shape index (κ1) is 12.9. The van der Waals surface area contributed by atoms with E-state index in [1.54, 1.807) is 7.11 Å². The summed E-state index contributed by atoms with van der Waals surface area (Å²) in [5.74, 6) is 0. The van der Waals surface area contributed by atoms with Crippen LogP contribution in [-0.4, -0.2) is 39.5 Å². The van der Waals surface area contributed by atoms with Crippen molar-refractivity contribution in [1.29, 1.82) is 0 Å². The summed E-state index contributed by atoms with van der Waals surface area (Å²) in [5, 5.41) is 3.39. The van der Waals surface area contributed by atoms with Gasteiger partial charge < -0.3 is 14.8 Å². The summed E-state index contributed by atoms with van der Waals surface area (Å²) in [6.07, 6.45) is 2.38. The minimum absolute atomic E-state index is 0.506. The zero-order chi connectivity index (χ0) is 9.94. The van der Waals surface area contributed by atoms with Crippen LogP contribution in [0.4, 0.5) is 0 Å². The summed E-state index contributed by atoms with van der Waals surface area (Å²) < 4.78 is 10.4. The van der Waals surface area contributed by atoms with Crippen LogP contribution in [0.2, 0.25) is 0 Å². The summed E-state index contributed by atoms with van der Waals surface area (Å²) >= 11 is 0. The highest BCUT2D eigenvalue weighted by molar-refractivity contribution is 4.63. The second-order valence-corrected chi connectivity index (χ2v) is 3.11. The number of nitrogens with one attached hydrogen (secondary N) is 1. The van der Waals surface area contributed by atoms with Crippen molar-refractivity contribution in [2.24, 2.45) is 0 Å². The summed E-state index contributed by atoms with van der Waals surface area (Å²) in [4.78, 5) is 0. The molecular weight excluding hydrogens is 166 g/mol. The van der Waals surface area contributed by atoms with Crippen LogP contribution in [0.3, 0.4) is 0 Å². The summed E-state index contributed by atoms with van der Waals surface area (Å²) in [6.45, 7) is 7.51. The van der Waals surface area contributed by atoms with Crippen LogP contribution in [0.5, 0.6) is 0 Å². The molecule has 3 nitrogen and oxygen atoms in total. The van der Waals surface area contributed by atoms with Gasteiger partial charge >= 0.3 is 0 Å². The molecule has 0 amide bonds. The molecule has 0 aromatic heterocycles. The Morgan fingerprint density at radius 2 is 2.00 bits per heavy atom. The van der Waals surface area contributed by atoms with Crippen molar-refractivity contribution in [2.75, 3.05) is 33.5 Å². The fraction of sp³-hybridized carbons (Fsp3) is 1.00. The van der Waals surface area contributed by atoms with E-state index < -0.39 is 0 Å². The highest BCUT2D eigenvalue weighted by Crippen LogP contribution is 1.97. The zero-order valence-corrected chi connectivity index (χ0v) is 9.14. The Morgan fingerprint density at radius 3 is 2.54 bits per heavy atom. The van der Waals surface area contributed by atoms with Crippen molar-refractivity contribution in [3.63, 3.8) is 0 Å². The van der Waals surface area contributed by atoms with Crippen molar-refractivity contribution >= 4 is 0 Å². The number of methoxy groups -OCH3 is 1. The molecule has 0 saturated heterocycles. The quantitative estimate of drug-likeness (QED) is 0.557. The third-order valence-electron chi connectivity index (χ3n) is 1.88. The Kier molecular flexibility index (Phi) is 9.87. The van der Waals surface area contributed by atoms with E-state index >= 15 is 0 Å². The summed E-state index contributed by atoms with van der Waals surface area (Å²) in [7, 11) is 1.69. The van der Waals surface area contributed by atoms with Gasteiger partial charge in [-0.1, -0.05) is 20.3 Å². The van der Waals surface area contributed by atoms with Gasteiger partial charge in [0.1, 0.15) is 0 Å². The van der Waals surface area contributed by atoms with Crippen molar-refractivity contribution < 1.29 is 9.47 Å². The third kappa shape index (κ3) is 8.22. The van der Waals surface area contributed by atoms with E-state index in [1.165, 1.54) is 12.8 Å². The topological polar surface area (TPSA) is 30.5 Å². The molecular formula is C10H23NO2. The van der Waals surface area contributed by atoms with Gasteiger partial charge in [0, 0.05) is 13.2 Å². The molecule has 0 aromatic rings. The Labute approximate surface area is 81.8 Å². The van der Waals surface area contributed by atoms with Gasteiger partial charge in [0.05, 0.1) is 19.8 Å². The molecule has 80 valence electrons. The van der Waals surface area contributed by atoms with Gasteiger partial charge in [-0.3, -0.25) is 0 Å². The molecule has 0 bridgehead atoms. The van der Waals surface area contributed by atoms with E-state index in [0.29, 0.717) is 19.3 Å². The van der Waals surface area contributed by atoms with E-state index in [0.717, 1.165) is 13.2 Å². The third-order valence-corrected chi connectivity index (χ3v) is 1.88. The molecule has 0 aromatic carbocycles. The summed E-state index contributed by atoms with van der Waals surface area (Å²) in [5.41, 5.74) is 0. The average molecular weight is 189 g/mol. The fourth-order valence-electron chi connectivity index (χ4n) is 1.25. The SMILES string of the molecule is CCCC(COCCOC)NCC. The lowest BCUT2D eigenvalue weighted by Crippen LogP contribution is -2.33. The normalized spacial score (nSPS) is 13.2. The fourth-order valence-corrected chi connectivity index (χ4v) is 1.25. The Bertz CT molecular complexity index is 92.9. The first-order valence-electron chi connectivity index (χ1n) is 5.15. The number of hydrogen-bond donors (Lipinski definition) is 1. The number of ether oxygens (including phenoxy) is 2. The van der Waals surface area contributed by atoms with E-state index in [1.807, 2.05) is 0 Å². The summed E-state index contributed by atoms with van der Waals surface area (Å²) in [6, 6.07) is 0.506. The monoisotopic (exact) mass is 189 g/mol. The predicted octanol–water partition coefficient (Wildman–Crippen LogP) is 1.43. The molecule has 0 rings (SSSR count). The van der Waals surface area contributed by atoms with Crippen LogP contribution in [0.25, 0.3) is 0 Å². The minimum Gasteiger partial charge on any atom is -0.382 e. The van der Waals surface area contributed by atoms with Crippen molar-refractivity contribution in [2.45, 2.75) is 32.7 Å². The molecule has 0 spiro atoms. The van der Waals surface area contributed by atoms with Gasteiger partial charge in [-0.25, -0.2) is 0 Å². The van der Waals surface area contributed by atoms with E-state index in [9.17, 15) is 0 Å². The van der Waals surface area contributed by atoms with Crippen LogP contribution in [0.15, 0.2) is 0 Å². The van der Waals surface area contributed by atoms with E-state index in [4.69, 9.17) is 9.47 Å². The molecule has 3 heteroatoms. The maximum Gasteiger partial charge on any atom is 0.0701 e. The molecule has 1 N–H and O–H groups in total. The largest absolute Gasteiger partial charge is 0.382 e. The predicted molar refractivity (Wildman–Crippen MR) is 55.1 cm³/mol.